The van der Waals surface area contributed by atoms with Crippen molar-refractivity contribution in [1.29, 1.82) is 0 Å². The van der Waals surface area contributed by atoms with Gasteiger partial charge in [-0.1, -0.05) is 6.07 Å². The first-order chi connectivity index (χ1) is 11.8. The molecule has 1 saturated heterocycles. The van der Waals surface area contributed by atoms with Crippen LogP contribution in [0.1, 0.15) is 22.3 Å². The molecule has 0 spiro atoms. The number of aryl methyl sites for hydroxylation is 1. The largest absolute Gasteiger partial charge is 0.435 e. The molecule has 134 valence electrons. The maximum Gasteiger partial charge on any atom is 0.435 e. The highest BCUT2D eigenvalue weighted by atomic mass is 32.1. The number of aromatic nitrogens is 2. The molecule has 0 radical (unpaired) electrons. The monoisotopic (exact) mass is 372 g/mol. The number of carbonyl (C=O) groups is 2. The average molecular weight is 372 g/mol. The number of piperazine rings is 1. The molecule has 0 aliphatic carbocycles. The van der Waals surface area contributed by atoms with Gasteiger partial charge in [-0.05, 0) is 24.4 Å². The van der Waals surface area contributed by atoms with Gasteiger partial charge < -0.3 is 10.2 Å². The van der Waals surface area contributed by atoms with Crippen LogP contribution < -0.4 is 5.32 Å². The number of nitrogens with one attached hydrogen (secondary N) is 1. The van der Waals surface area contributed by atoms with Gasteiger partial charge in [-0.25, -0.2) is 0 Å². The van der Waals surface area contributed by atoms with Crippen molar-refractivity contribution < 1.29 is 22.8 Å². The van der Waals surface area contributed by atoms with Crippen molar-refractivity contribution in [1.82, 2.24) is 20.0 Å². The van der Waals surface area contributed by atoms with Crippen molar-refractivity contribution >= 4 is 23.2 Å². The molecule has 2 aromatic heterocycles. The molecule has 0 aromatic carbocycles. The van der Waals surface area contributed by atoms with Crippen LogP contribution in [0.25, 0.3) is 0 Å². The van der Waals surface area contributed by atoms with Crippen molar-refractivity contribution in [2.45, 2.75) is 25.7 Å². The Balaban J connectivity index is 1.82. The molecule has 1 fully saturated rings. The first-order valence-electron chi connectivity index (χ1n) is 7.49. The molecule has 3 rings (SSSR count). The lowest BCUT2D eigenvalue weighted by atomic mass is 10.1. The molecule has 1 aliphatic rings. The number of amides is 2. The standard InChI is InChI=1S/C15H15F3N4O2S/c1-9-7-11(15(16,17)18)20-22(9)8-12(23)21-5-4-19-14(24)13(21)10-3-2-6-25-10/h2-3,6-7,13H,4-5,8H2,1H3,(H,19,24). The maximum absolute atomic E-state index is 12.7. The van der Waals surface area contributed by atoms with E-state index >= 15 is 0 Å². The summed E-state index contributed by atoms with van der Waals surface area (Å²) in [6.07, 6.45) is -4.57. The summed E-state index contributed by atoms with van der Waals surface area (Å²) in [5.41, 5.74) is -0.807. The second-order valence-corrected chi connectivity index (χ2v) is 6.60. The van der Waals surface area contributed by atoms with Crippen molar-refractivity contribution in [2.24, 2.45) is 0 Å². The van der Waals surface area contributed by atoms with E-state index in [9.17, 15) is 22.8 Å². The molecule has 6 nitrogen and oxygen atoms in total. The number of hydrogen-bond acceptors (Lipinski definition) is 4. The Morgan fingerprint density at radius 1 is 1.48 bits per heavy atom. The lowest BCUT2D eigenvalue weighted by molar-refractivity contribution is -0.145. The highest BCUT2D eigenvalue weighted by molar-refractivity contribution is 7.10. The van der Waals surface area contributed by atoms with Crippen molar-refractivity contribution in [3.05, 3.63) is 39.8 Å². The number of carbonyl (C=O) groups excluding carboxylic acids is 2. The molecule has 1 aliphatic heterocycles. The Morgan fingerprint density at radius 3 is 2.84 bits per heavy atom. The minimum absolute atomic E-state index is 0.231. The van der Waals surface area contributed by atoms with Crippen LogP contribution in [0.4, 0.5) is 13.2 Å². The van der Waals surface area contributed by atoms with Gasteiger partial charge in [0.2, 0.25) is 11.8 Å². The highest BCUT2D eigenvalue weighted by Gasteiger charge is 2.37. The zero-order chi connectivity index (χ0) is 18.2. The molecule has 25 heavy (non-hydrogen) atoms. The normalized spacial score (nSPS) is 18.3. The molecule has 1 atom stereocenters. The summed E-state index contributed by atoms with van der Waals surface area (Å²) < 4.78 is 39.3. The summed E-state index contributed by atoms with van der Waals surface area (Å²) >= 11 is 1.35. The Kier molecular flexibility index (Phi) is 4.55. The number of hydrogen-bond donors (Lipinski definition) is 1. The van der Waals surface area contributed by atoms with Crippen LogP contribution in [0.15, 0.2) is 23.6 Å². The van der Waals surface area contributed by atoms with Gasteiger partial charge in [0.1, 0.15) is 12.6 Å². The fourth-order valence-electron chi connectivity index (χ4n) is 2.69. The molecular weight excluding hydrogens is 357 g/mol. The predicted molar refractivity (Wildman–Crippen MR) is 83.7 cm³/mol. The zero-order valence-electron chi connectivity index (χ0n) is 13.2. The summed E-state index contributed by atoms with van der Waals surface area (Å²) in [6.45, 7) is 1.70. The van der Waals surface area contributed by atoms with Gasteiger partial charge in [-0.3, -0.25) is 14.3 Å². The number of halogens is 3. The third-order valence-electron chi connectivity index (χ3n) is 3.90. The first-order valence-corrected chi connectivity index (χ1v) is 8.37. The lowest BCUT2D eigenvalue weighted by Gasteiger charge is -2.34. The molecule has 1 N–H and O–H groups in total. The molecule has 3 heterocycles. The van der Waals surface area contributed by atoms with Crippen LogP contribution in [0, 0.1) is 6.92 Å². The molecular formula is C15H15F3N4O2S. The van der Waals surface area contributed by atoms with E-state index in [2.05, 4.69) is 10.4 Å². The highest BCUT2D eigenvalue weighted by Crippen LogP contribution is 2.29. The number of nitrogens with zero attached hydrogens (tertiary/aromatic N) is 3. The van der Waals surface area contributed by atoms with Gasteiger partial charge in [-0.15, -0.1) is 11.3 Å². The Bertz CT molecular complexity index is 785. The minimum atomic E-state index is -4.57. The van der Waals surface area contributed by atoms with Gasteiger partial charge in [0.25, 0.3) is 0 Å². The number of rotatable bonds is 3. The van der Waals surface area contributed by atoms with Crippen LogP contribution >= 0.6 is 11.3 Å². The fraction of sp³-hybridized carbons (Fsp3) is 0.400. The SMILES string of the molecule is Cc1cc(C(F)(F)F)nn1CC(=O)N1CCNC(=O)C1c1cccs1. The molecule has 10 heteroatoms. The summed E-state index contributed by atoms with van der Waals surface area (Å²) in [4.78, 5) is 26.9. The van der Waals surface area contributed by atoms with Crippen LogP contribution in [0.3, 0.4) is 0 Å². The van der Waals surface area contributed by atoms with E-state index in [1.807, 2.05) is 0 Å². The zero-order valence-corrected chi connectivity index (χ0v) is 14.0. The Morgan fingerprint density at radius 2 is 2.24 bits per heavy atom. The van der Waals surface area contributed by atoms with Crippen LogP contribution in [-0.2, 0) is 22.3 Å². The van der Waals surface area contributed by atoms with E-state index in [4.69, 9.17) is 0 Å². The number of alkyl halides is 3. The maximum atomic E-state index is 12.7. The predicted octanol–water partition coefficient (Wildman–Crippen LogP) is 1.97. The van der Waals surface area contributed by atoms with E-state index in [0.717, 1.165) is 10.7 Å². The first kappa shape index (κ1) is 17.5. The third-order valence-corrected chi connectivity index (χ3v) is 4.83. The summed E-state index contributed by atoms with van der Waals surface area (Å²) in [7, 11) is 0. The third kappa shape index (κ3) is 3.53. The fourth-order valence-corrected chi connectivity index (χ4v) is 3.53. The van der Waals surface area contributed by atoms with Crippen molar-refractivity contribution in [3.8, 4) is 0 Å². The van der Waals surface area contributed by atoms with E-state index in [1.54, 1.807) is 17.5 Å². The summed E-state index contributed by atoms with van der Waals surface area (Å²) in [5, 5.41) is 7.97. The van der Waals surface area contributed by atoms with Crippen molar-refractivity contribution in [2.75, 3.05) is 13.1 Å². The van der Waals surface area contributed by atoms with Gasteiger partial charge in [0, 0.05) is 23.7 Å². The molecule has 0 saturated carbocycles. The van der Waals surface area contributed by atoms with E-state index in [1.165, 1.54) is 23.2 Å². The van der Waals surface area contributed by atoms with Crippen LogP contribution in [0.2, 0.25) is 0 Å². The van der Waals surface area contributed by atoms with Crippen LogP contribution in [-0.4, -0.2) is 39.6 Å². The van der Waals surface area contributed by atoms with Gasteiger partial charge in [0.05, 0.1) is 0 Å². The second kappa shape index (κ2) is 6.51. The lowest BCUT2D eigenvalue weighted by Crippen LogP contribution is -2.52. The van der Waals surface area contributed by atoms with E-state index in [-0.39, 0.29) is 18.1 Å². The van der Waals surface area contributed by atoms with Gasteiger partial charge in [-0.2, -0.15) is 18.3 Å². The summed E-state index contributed by atoms with van der Waals surface area (Å²) in [6, 6.07) is 3.66. The van der Waals surface area contributed by atoms with Crippen LogP contribution in [0.5, 0.6) is 0 Å². The van der Waals surface area contributed by atoms with E-state index < -0.39 is 23.8 Å². The molecule has 2 amide bonds. The van der Waals surface area contributed by atoms with Gasteiger partial charge >= 0.3 is 6.18 Å². The second-order valence-electron chi connectivity index (χ2n) is 5.62. The average Bonchev–Trinajstić information content (AvgIpc) is 3.17. The van der Waals surface area contributed by atoms with E-state index in [0.29, 0.717) is 18.0 Å². The topological polar surface area (TPSA) is 67.2 Å². The summed E-state index contributed by atoms with van der Waals surface area (Å²) in [5.74, 6) is -0.747. The van der Waals surface area contributed by atoms with Crippen molar-refractivity contribution in [3.63, 3.8) is 0 Å². The minimum Gasteiger partial charge on any atom is -0.352 e. The van der Waals surface area contributed by atoms with Gasteiger partial charge in [0.15, 0.2) is 5.69 Å². The Labute approximate surface area is 145 Å². The molecule has 2 aromatic rings. The number of thiophene rings is 1. The Hall–Kier alpha value is -2.36. The molecule has 1 unspecified atom stereocenters. The molecule has 0 bridgehead atoms. The smallest absolute Gasteiger partial charge is 0.352 e. The quantitative estimate of drug-likeness (QED) is 0.896.